The second-order valence-electron chi connectivity index (χ2n) is 4.41. The van der Waals surface area contributed by atoms with E-state index in [-0.39, 0.29) is 6.54 Å². The van der Waals surface area contributed by atoms with E-state index in [0.29, 0.717) is 13.1 Å². The number of hydrogen-bond donors (Lipinski definition) is 1. The molecule has 0 aliphatic carbocycles. The van der Waals surface area contributed by atoms with Crippen LogP contribution in [0.1, 0.15) is 12.0 Å². The number of rotatable bonds is 6. The highest BCUT2D eigenvalue weighted by atomic mass is 19.4. The summed E-state index contributed by atoms with van der Waals surface area (Å²) in [6.07, 6.45) is -4.83. The number of alkyl halides is 3. The summed E-state index contributed by atoms with van der Waals surface area (Å²) >= 11 is 0. The van der Waals surface area contributed by atoms with Gasteiger partial charge < -0.3 is 10.2 Å². The molecule has 0 saturated carbocycles. The second kappa shape index (κ2) is 6.64. The van der Waals surface area contributed by atoms with Crippen molar-refractivity contribution in [2.75, 3.05) is 32.0 Å². The van der Waals surface area contributed by atoms with Crippen LogP contribution in [-0.4, -0.2) is 37.8 Å². The lowest BCUT2D eigenvalue weighted by Crippen LogP contribution is -2.29. The molecule has 0 amide bonds. The van der Waals surface area contributed by atoms with E-state index in [1.807, 2.05) is 31.2 Å². The summed E-state index contributed by atoms with van der Waals surface area (Å²) in [5, 5.41) is 3.22. The number of benzene rings is 1. The fourth-order valence-electron chi connectivity index (χ4n) is 1.58. The van der Waals surface area contributed by atoms with Gasteiger partial charge in [-0.1, -0.05) is 18.2 Å². The van der Waals surface area contributed by atoms with Crippen molar-refractivity contribution in [2.24, 2.45) is 0 Å². The summed E-state index contributed by atoms with van der Waals surface area (Å²) < 4.78 is 36.0. The highest BCUT2D eigenvalue weighted by Gasteiger charge is 2.26. The highest BCUT2D eigenvalue weighted by Crippen LogP contribution is 2.19. The Balaban J connectivity index is 2.24. The topological polar surface area (TPSA) is 15.3 Å². The monoisotopic (exact) mass is 260 g/mol. The molecule has 1 aromatic rings. The van der Waals surface area contributed by atoms with Crippen LogP contribution in [0.4, 0.5) is 18.9 Å². The van der Waals surface area contributed by atoms with Crippen molar-refractivity contribution in [1.29, 1.82) is 0 Å². The van der Waals surface area contributed by atoms with Crippen LogP contribution in [0.5, 0.6) is 0 Å². The molecule has 0 radical (unpaired) electrons. The molecule has 0 bridgehead atoms. The highest BCUT2D eigenvalue weighted by molar-refractivity contribution is 5.50. The molecule has 0 atom stereocenters. The van der Waals surface area contributed by atoms with Gasteiger partial charge in [0.05, 0.1) is 6.42 Å². The van der Waals surface area contributed by atoms with Crippen LogP contribution >= 0.6 is 0 Å². The van der Waals surface area contributed by atoms with Crippen LogP contribution in [0.25, 0.3) is 0 Å². The molecule has 0 spiro atoms. The maximum absolute atomic E-state index is 12.0. The van der Waals surface area contributed by atoms with Crippen molar-refractivity contribution in [3.05, 3.63) is 29.8 Å². The van der Waals surface area contributed by atoms with Gasteiger partial charge in [-0.25, -0.2) is 0 Å². The van der Waals surface area contributed by atoms with Gasteiger partial charge in [-0.3, -0.25) is 0 Å². The van der Waals surface area contributed by atoms with E-state index >= 15 is 0 Å². The van der Waals surface area contributed by atoms with E-state index in [2.05, 4.69) is 5.32 Å². The summed E-state index contributed by atoms with van der Waals surface area (Å²) in [6.45, 7) is 3.26. The minimum Gasteiger partial charge on any atom is -0.384 e. The molecular formula is C13H19F3N2. The first-order chi connectivity index (χ1) is 8.38. The molecule has 1 rings (SSSR count). The number of likely N-dealkylation sites (N-methyl/N-ethyl adjacent to an activating group) is 1. The van der Waals surface area contributed by atoms with E-state index < -0.39 is 12.6 Å². The molecular weight excluding hydrogens is 241 g/mol. The maximum Gasteiger partial charge on any atom is 0.390 e. The van der Waals surface area contributed by atoms with Crippen LogP contribution in [0.2, 0.25) is 0 Å². The summed E-state index contributed by atoms with van der Waals surface area (Å²) in [5.74, 6) is 0. The third-order valence-corrected chi connectivity index (χ3v) is 2.73. The smallest absolute Gasteiger partial charge is 0.384 e. The van der Waals surface area contributed by atoms with Gasteiger partial charge in [-0.2, -0.15) is 13.2 Å². The molecule has 18 heavy (non-hydrogen) atoms. The van der Waals surface area contributed by atoms with Gasteiger partial charge in [-0.15, -0.1) is 0 Å². The average molecular weight is 260 g/mol. The number of aryl methyl sites for hydroxylation is 1. The van der Waals surface area contributed by atoms with Gasteiger partial charge in [0.1, 0.15) is 0 Å². The lowest BCUT2D eigenvalue weighted by atomic mass is 10.2. The minimum atomic E-state index is -4.07. The fraction of sp³-hybridized carbons (Fsp3) is 0.538. The van der Waals surface area contributed by atoms with Gasteiger partial charge in [0.2, 0.25) is 0 Å². The standard InChI is InChI=1S/C13H19F3N2/c1-11-5-3-4-6-12(11)17-8-10-18(2)9-7-13(14,15)16/h3-6,17H,7-10H2,1-2H3. The van der Waals surface area contributed by atoms with E-state index in [4.69, 9.17) is 0 Å². The first kappa shape index (κ1) is 14.8. The van der Waals surface area contributed by atoms with E-state index in [1.54, 1.807) is 11.9 Å². The van der Waals surface area contributed by atoms with Crippen molar-refractivity contribution < 1.29 is 13.2 Å². The van der Waals surface area contributed by atoms with Crippen LogP contribution < -0.4 is 5.32 Å². The molecule has 5 heteroatoms. The van der Waals surface area contributed by atoms with Crippen molar-refractivity contribution in [3.63, 3.8) is 0 Å². The van der Waals surface area contributed by atoms with Gasteiger partial charge in [0, 0.05) is 25.3 Å². The second-order valence-corrected chi connectivity index (χ2v) is 4.41. The summed E-state index contributed by atoms with van der Waals surface area (Å²) in [4.78, 5) is 1.68. The first-order valence-electron chi connectivity index (χ1n) is 5.93. The predicted molar refractivity (Wildman–Crippen MR) is 67.8 cm³/mol. The predicted octanol–water partition coefficient (Wildman–Crippen LogP) is 3.29. The molecule has 1 aromatic carbocycles. The van der Waals surface area contributed by atoms with Gasteiger partial charge in [-0.05, 0) is 25.6 Å². The zero-order valence-electron chi connectivity index (χ0n) is 10.7. The van der Waals surface area contributed by atoms with Crippen LogP contribution in [0.15, 0.2) is 24.3 Å². The summed E-state index contributed by atoms with van der Waals surface area (Å²) in [6, 6.07) is 7.85. The quantitative estimate of drug-likeness (QED) is 0.844. The Morgan fingerprint density at radius 1 is 1.17 bits per heavy atom. The van der Waals surface area contributed by atoms with Gasteiger partial charge >= 0.3 is 6.18 Å². The molecule has 0 fully saturated rings. The third kappa shape index (κ3) is 5.91. The molecule has 2 nitrogen and oxygen atoms in total. The Kier molecular flexibility index (Phi) is 5.47. The van der Waals surface area contributed by atoms with E-state index in [1.165, 1.54) is 0 Å². The van der Waals surface area contributed by atoms with Crippen molar-refractivity contribution in [1.82, 2.24) is 4.90 Å². The lowest BCUT2D eigenvalue weighted by molar-refractivity contribution is -0.137. The first-order valence-corrected chi connectivity index (χ1v) is 5.93. The number of anilines is 1. The Labute approximate surface area is 106 Å². The van der Waals surface area contributed by atoms with Gasteiger partial charge in [0.25, 0.3) is 0 Å². The zero-order chi connectivity index (χ0) is 13.6. The van der Waals surface area contributed by atoms with Gasteiger partial charge in [0.15, 0.2) is 0 Å². The molecule has 0 heterocycles. The zero-order valence-corrected chi connectivity index (χ0v) is 10.7. The molecule has 0 aliphatic heterocycles. The van der Waals surface area contributed by atoms with Crippen LogP contribution in [-0.2, 0) is 0 Å². The van der Waals surface area contributed by atoms with E-state index in [0.717, 1.165) is 11.3 Å². The SMILES string of the molecule is Cc1ccccc1NCCN(C)CCC(F)(F)F. The van der Waals surface area contributed by atoms with E-state index in [9.17, 15) is 13.2 Å². The molecule has 0 unspecified atom stereocenters. The van der Waals surface area contributed by atoms with Crippen molar-refractivity contribution in [3.8, 4) is 0 Å². The minimum absolute atomic E-state index is 0.0406. The maximum atomic E-state index is 12.0. The molecule has 102 valence electrons. The average Bonchev–Trinajstić information content (AvgIpc) is 2.28. The molecule has 0 aromatic heterocycles. The summed E-state index contributed by atoms with van der Waals surface area (Å²) in [5.41, 5.74) is 2.16. The largest absolute Gasteiger partial charge is 0.390 e. The van der Waals surface area contributed by atoms with Crippen molar-refractivity contribution in [2.45, 2.75) is 19.5 Å². The number of hydrogen-bond acceptors (Lipinski definition) is 2. The fourth-order valence-corrected chi connectivity index (χ4v) is 1.58. The van der Waals surface area contributed by atoms with Crippen molar-refractivity contribution >= 4 is 5.69 Å². The summed E-state index contributed by atoms with van der Waals surface area (Å²) in [7, 11) is 1.70. The lowest BCUT2D eigenvalue weighted by Gasteiger charge is -2.18. The number of nitrogens with one attached hydrogen (secondary N) is 1. The van der Waals surface area contributed by atoms with Crippen LogP contribution in [0.3, 0.4) is 0 Å². The molecule has 0 aliphatic rings. The number of para-hydroxylation sites is 1. The molecule has 0 saturated heterocycles. The van der Waals surface area contributed by atoms with Crippen LogP contribution in [0, 0.1) is 6.92 Å². The molecule has 1 N–H and O–H groups in total. The Hall–Kier alpha value is -1.23. The Morgan fingerprint density at radius 2 is 1.83 bits per heavy atom. The third-order valence-electron chi connectivity index (χ3n) is 2.73. The Morgan fingerprint density at radius 3 is 2.44 bits per heavy atom. The number of halogens is 3. The Bertz CT molecular complexity index is 363. The number of nitrogens with zero attached hydrogens (tertiary/aromatic N) is 1. The normalized spacial score (nSPS) is 11.9.